The highest BCUT2D eigenvalue weighted by Crippen LogP contribution is 2.28. The van der Waals surface area contributed by atoms with Gasteiger partial charge in [-0.1, -0.05) is 48.5 Å². The molecule has 4 aromatic carbocycles. The largest absolute Gasteiger partial charge is 0.481 e. The van der Waals surface area contributed by atoms with E-state index >= 15 is 0 Å². The van der Waals surface area contributed by atoms with E-state index in [0.29, 0.717) is 28.3 Å². The second kappa shape index (κ2) is 14.4. The molecule has 0 unspecified atom stereocenters. The van der Waals surface area contributed by atoms with Crippen LogP contribution in [0.3, 0.4) is 0 Å². The van der Waals surface area contributed by atoms with Crippen molar-refractivity contribution in [3.8, 4) is 0 Å². The molecule has 12 heteroatoms. The van der Waals surface area contributed by atoms with Gasteiger partial charge in [0, 0.05) is 23.5 Å². The first-order valence-electron chi connectivity index (χ1n) is 12.1. The molecule has 0 aliphatic heterocycles. The first-order valence-corrected chi connectivity index (χ1v) is 12.1. The molecule has 0 aromatic heterocycles. The lowest BCUT2D eigenvalue weighted by Crippen LogP contribution is -2.04. The monoisotopic (exact) mass is 558 g/mol. The van der Waals surface area contributed by atoms with Crippen molar-refractivity contribution in [2.45, 2.75) is 12.8 Å². The third-order valence-electron chi connectivity index (χ3n) is 5.60. The quantitative estimate of drug-likeness (QED) is 0.119. The first-order chi connectivity index (χ1) is 19.7. The topological polar surface area (TPSA) is 174 Å². The molecule has 4 aromatic rings. The Morgan fingerprint density at radius 3 is 1.44 bits per heavy atom. The Morgan fingerprint density at radius 2 is 1.07 bits per heavy atom. The predicted molar refractivity (Wildman–Crippen MR) is 153 cm³/mol. The lowest BCUT2D eigenvalue weighted by atomic mass is 10.1. The minimum absolute atomic E-state index is 0.0103. The van der Waals surface area contributed by atoms with Crippen LogP contribution in [0.25, 0.3) is 0 Å². The van der Waals surface area contributed by atoms with E-state index < -0.39 is 15.8 Å². The summed E-state index contributed by atoms with van der Waals surface area (Å²) in [5.74, 6) is -1.21. The summed E-state index contributed by atoms with van der Waals surface area (Å²) in [5.41, 5.74) is 3.66. The zero-order valence-electron chi connectivity index (χ0n) is 21.9. The summed E-state index contributed by atoms with van der Waals surface area (Å²) < 4.78 is 4.59. The molecule has 4 rings (SSSR count). The number of esters is 1. The van der Waals surface area contributed by atoms with Crippen LogP contribution in [-0.4, -0.2) is 34.0 Å². The molecule has 0 aliphatic rings. The summed E-state index contributed by atoms with van der Waals surface area (Å²) in [7, 11) is 1.34. The number of benzene rings is 4. The standard InChI is InChI=1S/C15H14N2O4.C14H12N2O4/c1-21-15(18)10-11-6-8-12(9-7-11)16-13-4-2-3-5-14(13)17(19)20;17-14(18)9-10-5-7-11(8-6-10)15-12-3-1-2-4-13(12)16(19)20/h2-9,16H,10H2,1H3;1-8,15H,9H2,(H,17,18). The minimum Gasteiger partial charge on any atom is -0.481 e. The number of aliphatic carboxylic acids is 1. The van der Waals surface area contributed by atoms with Gasteiger partial charge in [-0.05, 0) is 47.5 Å². The molecule has 0 radical (unpaired) electrons. The SMILES string of the molecule is COC(=O)Cc1ccc(Nc2ccccc2[N+](=O)[O-])cc1.O=C(O)Cc1ccc(Nc2ccccc2[N+](=O)[O-])cc1. The number of nitrogens with zero attached hydrogens (tertiary/aromatic N) is 2. The van der Waals surface area contributed by atoms with Gasteiger partial charge >= 0.3 is 11.9 Å². The predicted octanol–water partition coefficient (Wildman–Crippen LogP) is 6.02. The number of methoxy groups -OCH3 is 1. The van der Waals surface area contributed by atoms with Crippen LogP contribution in [0.15, 0.2) is 97.1 Å². The molecular formula is C29H26N4O8. The number of hydrogen-bond acceptors (Lipinski definition) is 9. The number of carboxylic acids is 1. The molecule has 0 spiro atoms. The number of anilines is 4. The Hall–Kier alpha value is -5.78. The van der Waals surface area contributed by atoms with E-state index in [1.54, 1.807) is 84.9 Å². The number of rotatable bonds is 10. The van der Waals surface area contributed by atoms with Crippen molar-refractivity contribution < 1.29 is 29.3 Å². The number of carbonyl (C=O) groups is 2. The normalized spacial score (nSPS) is 9.98. The fourth-order valence-electron chi connectivity index (χ4n) is 3.61. The minimum atomic E-state index is -0.899. The highest BCUT2D eigenvalue weighted by Gasteiger charge is 2.13. The highest BCUT2D eigenvalue weighted by molar-refractivity contribution is 5.74. The van der Waals surface area contributed by atoms with Crippen LogP contribution in [-0.2, 0) is 27.2 Å². The number of nitro benzene ring substituents is 2. The molecule has 41 heavy (non-hydrogen) atoms. The van der Waals surface area contributed by atoms with Gasteiger partial charge in [0.15, 0.2) is 0 Å². The Kier molecular flexibility index (Phi) is 10.5. The van der Waals surface area contributed by atoms with Crippen molar-refractivity contribution >= 4 is 46.1 Å². The summed E-state index contributed by atoms with van der Waals surface area (Å²) in [6.07, 6.45) is 0.147. The van der Waals surface area contributed by atoms with Gasteiger partial charge < -0.3 is 20.5 Å². The van der Waals surface area contributed by atoms with Crippen LogP contribution in [0.4, 0.5) is 34.1 Å². The molecule has 0 fully saturated rings. The Morgan fingerprint density at radius 1 is 0.683 bits per heavy atom. The van der Waals surface area contributed by atoms with E-state index in [9.17, 15) is 29.8 Å². The van der Waals surface area contributed by atoms with Crippen LogP contribution < -0.4 is 10.6 Å². The number of carbonyl (C=O) groups excluding carboxylic acids is 1. The number of carboxylic acid groups (broad SMARTS) is 1. The van der Waals surface area contributed by atoms with Crippen molar-refractivity contribution in [2.75, 3.05) is 17.7 Å². The number of nitrogens with one attached hydrogen (secondary N) is 2. The molecule has 0 amide bonds. The van der Waals surface area contributed by atoms with Crippen LogP contribution in [0.1, 0.15) is 11.1 Å². The van der Waals surface area contributed by atoms with Gasteiger partial charge in [0.2, 0.25) is 0 Å². The molecule has 0 saturated carbocycles. The Bertz CT molecular complexity index is 1520. The third-order valence-corrected chi connectivity index (χ3v) is 5.60. The van der Waals surface area contributed by atoms with E-state index in [4.69, 9.17) is 5.11 Å². The third kappa shape index (κ3) is 9.18. The van der Waals surface area contributed by atoms with E-state index in [1.807, 2.05) is 0 Å². The summed E-state index contributed by atoms with van der Waals surface area (Å²) in [6, 6.07) is 26.5. The molecule has 0 saturated heterocycles. The van der Waals surface area contributed by atoms with Gasteiger partial charge in [-0.25, -0.2) is 0 Å². The summed E-state index contributed by atoms with van der Waals surface area (Å²) in [4.78, 5) is 42.7. The van der Waals surface area contributed by atoms with E-state index in [2.05, 4.69) is 15.4 Å². The van der Waals surface area contributed by atoms with E-state index in [-0.39, 0.29) is 30.2 Å². The van der Waals surface area contributed by atoms with Gasteiger partial charge in [-0.15, -0.1) is 0 Å². The van der Waals surface area contributed by atoms with Crippen molar-refractivity contribution in [1.29, 1.82) is 0 Å². The van der Waals surface area contributed by atoms with Crippen molar-refractivity contribution in [1.82, 2.24) is 0 Å². The second-order valence-electron chi connectivity index (χ2n) is 8.52. The molecule has 12 nitrogen and oxygen atoms in total. The van der Waals surface area contributed by atoms with Gasteiger partial charge in [0.1, 0.15) is 11.4 Å². The van der Waals surface area contributed by atoms with Crippen LogP contribution in [0, 0.1) is 20.2 Å². The lowest BCUT2D eigenvalue weighted by Gasteiger charge is -2.07. The fourth-order valence-corrected chi connectivity index (χ4v) is 3.61. The van der Waals surface area contributed by atoms with Crippen LogP contribution in [0.2, 0.25) is 0 Å². The average molecular weight is 559 g/mol. The van der Waals surface area contributed by atoms with Gasteiger partial charge in [-0.2, -0.15) is 0 Å². The van der Waals surface area contributed by atoms with Gasteiger partial charge in [0.05, 0.1) is 29.8 Å². The zero-order chi connectivity index (χ0) is 29.8. The maximum Gasteiger partial charge on any atom is 0.309 e. The molecular weight excluding hydrogens is 532 g/mol. The molecule has 0 aliphatic carbocycles. The number of nitro groups is 2. The Labute approximate surface area is 234 Å². The summed E-state index contributed by atoms with van der Waals surface area (Å²) in [6.45, 7) is 0. The van der Waals surface area contributed by atoms with E-state index in [0.717, 1.165) is 5.56 Å². The first kappa shape index (κ1) is 29.8. The van der Waals surface area contributed by atoms with Crippen LogP contribution in [0.5, 0.6) is 0 Å². The molecule has 0 heterocycles. The maximum absolute atomic E-state index is 11.2. The highest BCUT2D eigenvalue weighted by atomic mass is 16.6. The average Bonchev–Trinajstić information content (AvgIpc) is 2.95. The van der Waals surface area contributed by atoms with Crippen molar-refractivity contribution in [3.05, 3.63) is 128 Å². The molecule has 0 atom stereocenters. The fraction of sp³-hybridized carbons (Fsp3) is 0.103. The maximum atomic E-state index is 11.2. The number of ether oxygens (including phenoxy) is 1. The number of hydrogen-bond donors (Lipinski definition) is 3. The van der Waals surface area contributed by atoms with E-state index in [1.165, 1.54) is 19.2 Å². The molecule has 3 N–H and O–H groups in total. The smallest absolute Gasteiger partial charge is 0.309 e. The lowest BCUT2D eigenvalue weighted by molar-refractivity contribution is -0.384. The molecule has 210 valence electrons. The summed E-state index contributed by atoms with van der Waals surface area (Å²) in [5, 5.41) is 36.4. The van der Waals surface area contributed by atoms with Gasteiger partial charge in [0.25, 0.3) is 11.4 Å². The van der Waals surface area contributed by atoms with Crippen molar-refractivity contribution in [2.24, 2.45) is 0 Å². The zero-order valence-corrected chi connectivity index (χ0v) is 21.9. The Balaban J connectivity index is 0.000000226. The summed E-state index contributed by atoms with van der Waals surface area (Å²) >= 11 is 0. The molecule has 0 bridgehead atoms. The van der Waals surface area contributed by atoms with Gasteiger partial charge in [-0.3, -0.25) is 29.8 Å². The number of para-hydroxylation sites is 4. The second-order valence-corrected chi connectivity index (χ2v) is 8.52. The van der Waals surface area contributed by atoms with Crippen molar-refractivity contribution in [3.63, 3.8) is 0 Å². The van der Waals surface area contributed by atoms with Crippen LogP contribution >= 0.6 is 0 Å².